The summed E-state index contributed by atoms with van der Waals surface area (Å²) in [5.74, 6) is -0.868. The topological polar surface area (TPSA) is 101 Å². The van der Waals surface area contributed by atoms with Crippen molar-refractivity contribution in [2.75, 3.05) is 53.7 Å². The first-order valence-electron chi connectivity index (χ1n) is 29.1. The van der Waals surface area contributed by atoms with Crippen molar-refractivity contribution in [3.8, 4) is 0 Å². The minimum atomic E-state index is -0.239. The van der Waals surface area contributed by atoms with Crippen molar-refractivity contribution >= 4 is 17.9 Å². The van der Waals surface area contributed by atoms with Crippen molar-refractivity contribution in [3.63, 3.8) is 0 Å². The number of hydrogen-bond acceptors (Lipinski definition) is 9. The summed E-state index contributed by atoms with van der Waals surface area (Å²) in [6.07, 6.45) is 45.6. The second-order valence-corrected chi connectivity index (χ2v) is 20.4. The third-order valence-electron chi connectivity index (χ3n) is 13.2. The van der Waals surface area contributed by atoms with Gasteiger partial charge in [0.2, 0.25) is 0 Å². The largest absolute Gasteiger partial charge is 0.465 e. The van der Waals surface area contributed by atoms with Crippen LogP contribution in [-0.2, 0) is 38.1 Å². The molecule has 0 N–H and O–H groups in total. The summed E-state index contributed by atoms with van der Waals surface area (Å²) in [6, 6.07) is 0. The van der Waals surface area contributed by atoms with E-state index in [-0.39, 0.29) is 81.9 Å². The Balaban J connectivity index is 5.09. The number of ether oxygens (including phenoxy) is 5. The van der Waals surface area contributed by atoms with E-state index in [2.05, 4.69) is 32.6 Å². The summed E-state index contributed by atoms with van der Waals surface area (Å²) in [7, 11) is 3.98. The molecule has 0 saturated heterocycles. The zero-order valence-corrected chi connectivity index (χ0v) is 45.5. The van der Waals surface area contributed by atoms with E-state index >= 15 is 0 Å². The fraction of sp³-hybridized carbons (Fsp3) is 0.948. The highest BCUT2D eigenvalue weighted by molar-refractivity contribution is 5.70. The van der Waals surface area contributed by atoms with Crippen LogP contribution < -0.4 is 0 Å². The van der Waals surface area contributed by atoms with Crippen molar-refractivity contribution in [3.05, 3.63) is 0 Å². The minimum absolute atomic E-state index is 0.0297. The van der Waals surface area contributed by atoms with Crippen LogP contribution in [0.1, 0.15) is 285 Å². The SMILES string of the molecule is CCCCCCCCCCC(CCCCCCCCCC)OC(=O)CCOCC(COCCC(=O)OC(CCCCCCCCCC)CCCCCCCCCC)COC(=O)CCCN(C)C. The first-order chi connectivity index (χ1) is 32.7. The predicted octanol–water partition coefficient (Wildman–Crippen LogP) is 16.2. The van der Waals surface area contributed by atoms with Crippen LogP contribution in [0.2, 0.25) is 0 Å². The summed E-state index contributed by atoms with van der Waals surface area (Å²) in [5, 5.41) is 0. The second-order valence-electron chi connectivity index (χ2n) is 20.4. The van der Waals surface area contributed by atoms with Gasteiger partial charge in [0.05, 0.1) is 45.9 Å². The molecule has 0 heterocycles. The highest BCUT2D eigenvalue weighted by atomic mass is 16.6. The van der Waals surface area contributed by atoms with Gasteiger partial charge in [0.25, 0.3) is 0 Å². The van der Waals surface area contributed by atoms with Crippen molar-refractivity contribution in [2.45, 2.75) is 297 Å². The Morgan fingerprint density at radius 1 is 0.358 bits per heavy atom. The Kier molecular flexibility index (Phi) is 50.8. The van der Waals surface area contributed by atoms with Crippen molar-refractivity contribution in [1.29, 1.82) is 0 Å². The first-order valence-corrected chi connectivity index (χ1v) is 29.1. The maximum absolute atomic E-state index is 13.1. The number of nitrogens with zero attached hydrogens (tertiary/aromatic N) is 1. The molecule has 0 aromatic rings. The predicted molar refractivity (Wildman–Crippen MR) is 282 cm³/mol. The standard InChI is InChI=1S/C58H113NO8/c1-7-11-15-19-23-27-31-35-40-54(41-36-32-28-24-20-16-12-8-2)66-57(61)45-48-63-50-53(52-65-56(60)44-39-47-59(5)6)51-64-49-46-58(62)67-55(42-37-33-29-25-21-17-13-9-3)43-38-34-30-26-22-18-14-10-4/h53-55H,7-52H2,1-6H3. The lowest BCUT2D eigenvalue weighted by molar-refractivity contribution is -0.151. The molecule has 0 amide bonds. The minimum Gasteiger partial charge on any atom is -0.465 e. The van der Waals surface area contributed by atoms with Gasteiger partial charge in [-0.15, -0.1) is 0 Å². The Morgan fingerprint density at radius 2 is 0.657 bits per heavy atom. The number of unbranched alkanes of at least 4 members (excludes halogenated alkanes) is 28. The lowest BCUT2D eigenvalue weighted by atomic mass is 10.0. The van der Waals surface area contributed by atoms with Crippen LogP contribution in [0.3, 0.4) is 0 Å². The number of esters is 3. The maximum Gasteiger partial charge on any atom is 0.308 e. The maximum atomic E-state index is 13.1. The highest BCUT2D eigenvalue weighted by Gasteiger charge is 2.19. The molecule has 0 unspecified atom stereocenters. The van der Waals surface area contributed by atoms with E-state index < -0.39 is 0 Å². The first kappa shape index (κ1) is 65.3. The lowest BCUT2D eigenvalue weighted by Crippen LogP contribution is -2.26. The summed E-state index contributed by atoms with van der Waals surface area (Å²) in [5.41, 5.74) is 0. The van der Waals surface area contributed by atoms with E-state index in [0.29, 0.717) is 6.42 Å². The van der Waals surface area contributed by atoms with Crippen molar-refractivity contribution < 1.29 is 38.1 Å². The fourth-order valence-electron chi connectivity index (χ4n) is 8.82. The number of carbonyl (C=O) groups is 3. The normalized spacial score (nSPS) is 11.7. The van der Waals surface area contributed by atoms with E-state index in [9.17, 15) is 14.4 Å². The Morgan fingerprint density at radius 3 is 0.955 bits per heavy atom. The fourth-order valence-corrected chi connectivity index (χ4v) is 8.82. The van der Waals surface area contributed by atoms with Crippen LogP contribution in [0.5, 0.6) is 0 Å². The molecule has 0 aliphatic heterocycles. The van der Waals surface area contributed by atoms with Gasteiger partial charge in [-0.2, -0.15) is 0 Å². The molecule has 0 aromatic carbocycles. The van der Waals surface area contributed by atoms with Crippen LogP contribution in [0.25, 0.3) is 0 Å². The van der Waals surface area contributed by atoms with E-state index in [1.165, 1.54) is 180 Å². The molecule has 0 saturated carbocycles. The van der Waals surface area contributed by atoms with Gasteiger partial charge in [-0.3, -0.25) is 14.4 Å². The molecule has 0 fully saturated rings. The molecule has 398 valence electrons. The summed E-state index contributed by atoms with van der Waals surface area (Å²) in [4.78, 5) is 40.8. The van der Waals surface area contributed by atoms with Crippen LogP contribution in [-0.4, -0.2) is 88.7 Å². The molecule has 0 radical (unpaired) electrons. The van der Waals surface area contributed by atoms with Gasteiger partial charge in [-0.25, -0.2) is 0 Å². The molecule has 67 heavy (non-hydrogen) atoms. The molecular formula is C58H113NO8. The van der Waals surface area contributed by atoms with Gasteiger partial charge in [-0.1, -0.05) is 207 Å². The van der Waals surface area contributed by atoms with Gasteiger partial charge in [0.1, 0.15) is 12.2 Å². The van der Waals surface area contributed by atoms with Crippen LogP contribution >= 0.6 is 0 Å². The Labute approximate surface area is 415 Å². The van der Waals surface area contributed by atoms with Crippen molar-refractivity contribution in [1.82, 2.24) is 4.90 Å². The average molecular weight is 953 g/mol. The molecule has 0 aromatic heterocycles. The molecule has 0 rings (SSSR count). The smallest absolute Gasteiger partial charge is 0.308 e. The summed E-state index contributed by atoms with van der Waals surface area (Å²) >= 11 is 0. The highest BCUT2D eigenvalue weighted by Crippen LogP contribution is 2.20. The number of carbonyl (C=O) groups excluding carboxylic acids is 3. The van der Waals surface area contributed by atoms with Gasteiger partial charge >= 0.3 is 17.9 Å². The molecule has 9 heteroatoms. The van der Waals surface area contributed by atoms with Gasteiger partial charge in [-0.05, 0) is 78.4 Å². The summed E-state index contributed by atoms with van der Waals surface area (Å²) in [6.45, 7) is 11.0. The third kappa shape index (κ3) is 49.1. The third-order valence-corrected chi connectivity index (χ3v) is 13.2. The Hall–Kier alpha value is -1.71. The quantitative estimate of drug-likeness (QED) is 0.0335. The average Bonchev–Trinajstić information content (AvgIpc) is 3.31. The number of rotatable bonds is 54. The molecule has 0 atom stereocenters. The van der Waals surface area contributed by atoms with E-state index in [1.54, 1.807) is 0 Å². The lowest BCUT2D eigenvalue weighted by Gasteiger charge is -2.20. The van der Waals surface area contributed by atoms with E-state index in [1.807, 2.05) is 14.1 Å². The summed E-state index contributed by atoms with van der Waals surface area (Å²) < 4.78 is 29.9. The molecular weight excluding hydrogens is 839 g/mol. The van der Waals surface area contributed by atoms with Gasteiger partial charge < -0.3 is 28.6 Å². The van der Waals surface area contributed by atoms with Crippen LogP contribution in [0.4, 0.5) is 0 Å². The molecule has 0 bridgehead atoms. The van der Waals surface area contributed by atoms with Crippen LogP contribution in [0.15, 0.2) is 0 Å². The zero-order valence-electron chi connectivity index (χ0n) is 45.5. The van der Waals surface area contributed by atoms with Gasteiger partial charge in [0, 0.05) is 12.3 Å². The molecule has 9 nitrogen and oxygen atoms in total. The Bertz CT molecular complexity index is 950. The van der Waals surface area contributed by atoms with E-state index in [4.69, 9.17) is 23.7 Å². The molecule has 0 spiro atoms. The monoisotopic (exact) mass is 952 g/mol. The number of hydrogen-bond donors (Lipinski definition) is 0. The molecule has 0 aliphatic rings. The van der Waals surface area contributed by atoms with E-state index in [0.717, 1.165) is 64.3 Å². The zero-order chi connectivity index (χ0) is 49.1. The van der Waals surface area contributed by atoms with Crippen molar-refractivity contribution in [2.24, 2.45) is 5.92 Å². The second kappa shape index (κ2) is 52.1. The van der Waals surface area contributed by atoms with Gasteiger partial charge in [0.15, 0.2) is 0 Å². The molecule has 0 aliphatic carbocycles. The van der Waals surface area contributed by atoms with Crippen LogP contribution in [0, 0.1) is 5.92 Å².